The van der Waals surface area contributed by atoms with E-state index in [2.05, 4.69) is 13.8 Å². The summed E-state index contributed by atoms with van der Waals surface area (Å²) in [5.41, 5.74) is 1.24. The lowest BCUT2D eigenvalue weighted by Crippen LogP contribution is -2.50. The molecule has 0 saturated carbocycles. The van der Waals surface area contributed by atoms with Crippen LogP contribution in [-0.2, 0) is 4.79 Å². The zero-order valence-electron chi connectivity index (χ0n) is 19.8. The Morgan fingerprint density at radius 2 is 1.61 bits per heavy atom. The molecule has 0 aromatic heterocycles. The first-order valence-electron chi connectivity index (χ1n) is 11.3. The average Bonchev–Trinajstić information content (AvgIpc) is 2.80. The van der Waals surface area contributed by atoms with Crippen molar-refractivity contribution in [2.45, 2.75) is 32.2 Å². The van der Waals surface area contributed by atoms with Gasteiger partial charge < -0.3 is 19.3 Å². The summed E-state index contributed by atoms with van der Waals surface area (Å²) in [5.74, 6) is -0.0121. The number of carbonyl (C=O) groups is 2. The number of amides is 2. The van der Waals surface area contributed by atoms with Crippen molar-refractivity contribution in [2.75, 3.05) is 34.4 Å². The molecule has 2 aromatic rings. The molecule has 7 heteroatoms. The zero-order chi connectivity index (χ0) is 23.9. The molecule has 2 amide bonds. The molecule has 0 N–H and O–H groups in total. The largest absolute Gasteiger partial charge is 0.493 e. The van der Waals surface area contributed by atoms with Crippen LogP contribution in [0, 0.1) is 17.7 Å². The van der Waals surface area contributed by atoms with Crippen LogP contribution in [0.4, 0.5) is 4.39 Å². The predicted octanol–water partition coefficient (Wildman–Crippen LogP) is 4.26. The minimum absolute atomic E-state index is 0.102. The van der Waals surface area contributed by atoms with Crippen molar-refractivity contribution in [3.8, 4) is 11.5 Å². The summed E-state index contributed by atoms with van der Waals surface area (Å²) in [6, 6.07) is 8.90. The molecule has 0 bridgehead atoms. The highest BCUT2D eigenvalue weighted by Crippen LogP contribution is 2.47. The smallest absolute Gasteiger partial charge is 0.254 e. The van der Waals surface area contributed by atoms with Crippen LogP contribution in [-0.4, -0.2) is 56.0 Å². The van der Waals surface area contributed by atoms with Gasteiger partial charge >= 0.3 is 0 Å². The highest BCUT2D eigenvalue weighted by molar-refractivity contribution is 6.02. The maximum Gasteiger partial charge on any atom is 0.254 e. The van der Waals surface area contributed by atoms with Crippen molar-refractivity contribution < 1.29 is 23.5 Å². The van der Waals surface area contributed by atoms with Gasteiger partial charge in [-0.3, -0.25) is 9.59 Å². The number of nitrogens with zero attached hydrogens (tertiary/aromatic N) is 2. The summed E-state index contributed by atoms with van der Waals surface area (Å²) in [6.45, 7) is 5.57. The van der Waals surface area contributed by atoms with E-state index in [0.29, 0.717) is 53.1 Å². The van der Waals surface area contributed by atoms with Gasteiger partial charge in [0.05, 0.1) is 26.2 Å². The maximum atomic E-state index is 15.0. The number of benzene rings is 2. The molecule has 176 valence electrons. The second-order valence-electron chi connectivity index (χ2n) is 9.34. The second-order valence-corrected chi connectivity index (χ2v) is 9.34. The molecule has 2 aromatic carbocycles. The van der Waals surface area contributed by atoms with Gasteiger partial charge in [0.1, 0.15) is 5.82 Å². The van der Waals surface area contributed by atoms with Crippen LogP contribution in [0.3, 0.4) is 0 Å². The molecule has 1 saturated heterocycles. The number of methoxy groups -OCH3 is 2. The van der Waals surface area contributed by atoms with Crippen LogP contribution < -0.4 is 9.47 Å². The molecule has 2 aliphatic rings. The SMILES string of the molecule is COc1cc2c(cc1OC)[C@H](C(=O)N1C[C@H](C)C[C@@H](C)C1)[C@@H](c1ccccc1F)N(C)C2=O. The van der Waals surface area contributed by atoms with Crippen LogP contribution in [0.15, 0.2) is 36.4 Å². The normalized spacial score (nSPS) is 25.0. The number of piperidine rings is 1. The third kappa shape index (κ3) is 4.05. The van der Waals surface area contributed by atoms with Crippen molar-refractivity contribution >= 4 is 11.8 Å². The molecular formula is C26H31FN2O4. The van der Waals surface area contributed by atoms with Crippen molar-refractivity contribution in [3.63, 3.8) is 0 Å². The highest BCUT2D eigenvalue weighted by Gasteiger charge is 2.46. The molecule has 4 rings (SSSR count). The number of fused-ring (bicyclic) bond motifs is 1. The van der Waals surface area contributed by atoms with Gasteiger partial charge in [0.15, 0.2) is 11.5 Å². The topological polar surface area (TPSA) is 59.1 Å². The van der Waals surface area contributed by atoms with E-state index in [0.717, 1.165) is 6.42 Å². The number of carbonyl (C=O) groups excluding carboxylic acids is 2. The van der Waals surface area contributed by atoms with E-state index in [9.17, 15) is 9.59 Å². The lowest BCUT2D eigenvalue weighted by Gasteiger charge is -2.44. The Morgan fingerprint density at radius 1 is 1.00 bits per heavy atom. The number of hydrogen-bond donors (Lipinski definition) is 0. The average molecular weight is 455 g/mol. The second kappa shape index (κ2) is 9.04. The van der Waals surface area contributed by atoms with E-state index < -0.39 is 17.8 Å². The molecule has 4 atom stereocenters. The van der Waals surface area contributed by atoms with E-state index >= 15 is 4.39 Å². The van der Waals surface area contributed by atoms with E-state index in [1.807, 2.05) is 4.90 Å². The number of rotatable bonds is 4. The minimum Gasteiger partial charge on any atom is -0.493 e. The molecule has 2 heterocycles. The van der Waals surface area contributed by atoms with Gasteiger partial charge in [0.2, 0.25) is 5.91 Å². The van der Waals surface area contributed by atoms with Crippen LogP contribution >= 0.6 is 0 Å². The zero-order valence-corrected chi connectivity index (χ0v) is 19.8. The maximum absolute atomic E-state index is 15.0. The Morgan fingerprint density at radius 3 is 2.21 bits per heavy atom. The minimum atomic E-state index is -0.774. The third-order valence-electron chi connectivity index (χ3n) is 6.84. The summed E-state index contributed by atoms with van der Waals surface area (Å²) in [4.78, 5) is 30.9. The van der Waals surface area contributed by atoms with Gasteiger partial charge in [-0.2, -0.15) is 0 Å². The summed E-state index contributed by atoms with van der Waals surface area (Å²) < 4.78 is 25.9. The fourth-order valence-corrected chi connectivity index (χ4v) is 5.46. The quantitative estimate of drug-likeness (QED) is 0.693. The molecule has 0 unspecified atom stereocenters. The van der Waals surface area contributed by atoms with Gasteiger partial charge in [0, 0.05) is 31.3 Å². The standard InChI is InChI=1S/C26H31FN2O4/c1-15-10-16(2)14-29(13-15)26(31)23-18-11-21(32-4)22(33-5)12-19(18)25(30)28(3)24(23)17-8-6-7-9-20(17)27/h6-9,11-12,15-16,23-24H,10,13-14H2,1-5H3/t15-,16-,23+,24-/m1/s1. The Labute approximate surface area is 194 Å². The van der Waals surface area contributed by atoms with E-state index in [-0.39, 0.29) is 11.8 Å². The number of halogens is 1. The summed E-state index contributed by atoms with van der Waals surface area (Å²) >= 11 is 0. The van der Waals surface area contributed by atoms with Crippen molar-refractivity contribution in [2.24, 2.45) is 11.8 Å². The van der Waals surface area contributed by atoms with Crippen LogP contribution in [0.2, 0.25) is 0 Å². The van der Waals surface area contributed by atoms with E-state index in [1.165, 1.54) is 25.2 Å². The van der Waals surface area contributed by atoms with Gasteiger partial charge in [-0.25, -0.2) is 4.39 Å². The van der Waals surface area contributed by atoms with Gasteiger partial charge in [-0.05, 0) is 42.0 Å². The molecule has 1 fully saturated rings. The Hall–Kier alpha value is -3.09. The highest BCUT2D eigenvalue weighted by atomic mass is 19.1. The van der Waals surface area contributed by atoms with Crippen LogP contribution in [0.25, 0.3) is 0 Å². The van der Waals surface area contributed by atoms with E-state index in [4.69, 9.17) is 9.47 Å². The number of likely N-dealkylation sites (N-methyl/N-ethyl adjacent to an activating group) is 1. The molecule has 0 radical (unpaired) electrons. The summed E-state index contributed by atoms with van der Waals surface area (Å²) in [5, 5.41) is 0. The number of hydrogen-bond acceptors (Lipinski definition) is 4. The first kappa shape index (κ1) is 23.1. The molecule has 6 nitrogen and oxygen atoms in total. The first-order chi connectivity index (χ1) is 15.8. The summed E-state index contributed by atoms with van der Waals surface area (Å²) in [7, 11) is 4.64. The predicted molar refractivity (Wildman–Crippen MR) is 123 cm³/mol. The molecule has 0 spiro atoms. The van der Waals surface area contributed by atoms with Crippen molar-refractivity contribution in [1.29, 1.82) is 0 Å². The summed E-state index contributed by atoms with van der Waals surface area (Å²) in [6.07, 6.45) is 1.06. The van der Waals surface area contributed by atoms with Crippen LogP contribution in [0.5, 0.6) is 11.5 Å². The monoisotopic (exact) mass is 454 g/mol. The number of likely N-dealkylation sites (tertiary alicyclic amines) is 1. The molecule has 2 aliphatic heterocycles. The first-order valence-corrected chi connectivity index (χ1v) is 11.3. The lowest BCUT2D eigenvalue weighted by atomic mass is 9.78. The Kier molecular flexibility index (Phi) is 6.32. The van der Waals surface area contributed by atoms with Gasteiger partial charge in [0.25, 0.3) is 5.91 Å². The Bertz CT molecular complexity index is 1060. The molecule has 0 aliphatic carbocycles. The number of ether oxygens (including phenoxy) is 2. The van der Waals surface area contributed by atoms with Gasteiger partial charge in [-0.15, -0.1) is 0 Å². The molecule has 33 heavy (non-hydrogen) atoms. The van der Waals surface area contributed by atoms with Crippen molar-refractivity contribution in [3.05, 3.63) is 58.9 Å². The lowest BCUT2D eigenvalue weighted by molar-refractivity contribution is -0.137. The van der Waals surface area contributed by atoms with Crippen LogP contribution in [0.1, 0.15) is 53.7 Å². The van der Waals surface area contributed by atoms with Crippen molar-refractivity contribution in [1.82, 2.24) is 9.80 Å². The third-order valence-corrected chi connectivity index (χ3v) is 6.84. The fraction of sp³-hybridized carbons (Fsp3) is 0.462. The molecular weight excluding hydrogens is 423 g/mol. The fourth-order valence-electron chi connectivity index (χ4n) is 5.46. The van der Waals surface area contributed by atoms with Gasteiger partial charge in [-0.1, -0.05) is 32.0 Å². The van der Waals surface area contributed by atoms with E-state index in [1.54, 1.807) is 37.4 Å². The Balaban J connectivity index is 1.91.